The Kier molecular flexibility index (Phi) is 4.13. The third kappa shape index (κ3) is 3.39. The van der Waals surface area contributed by atoms with Gasteiger partial charge in [-0.15, -0.1) is 0 Å². The molecule has 3 heterocycles. The first kappa shape index (κ1) is 13.6. The van der Waals surface area contributed by atoms with Crippen LogP contribution < -0.4 is 15.5 Å². The van der Waals surface area contributed by atoms with Crippen molar-refractivity contribution in [2.75, 3.05) is 35.2 Å². The van der Waals surface area contributed by atoms with Crippen molar-refractivity contribution in [3.8, 4) is 0 Å². The molecule has 1 aliphatic heterocycles. The van der Waals surface area contributed by atoms with Crippen LogP contribution in [0.1, 0.15) is 25.5 Å². The van der Waals surface area contributed by atoms with Gasteiger partial charge in [0, 0.05) is 25.7 Å². The van der Waals surface area contributed by atoms with Gasteiger partial charge in [-0.3, -0.25) is 0 Å². The van der Waals surface area contributed by atoms with Crippen LogP contribution in [0.2, 0.25) is 0 Å². The SMILES string of the molecule is CCNc1nc(NCc2ccon2)nc(N2CCCC2)n1. The Morgan fingerprint density at radius 2 is 1.90 bits per heavy atom. The normalized spacial score (nSPS) is 14.4. The number of rotatable bonds is 6. The van der Waals surface area contributed by atoms with Gasteiger partial charge >= 0.3 is 0 Å². The van der Waals surface area contributed by atoms with E-state index in [2.05, 4.69) is 35.6 Å². The molecule has 8 heteroatoms. The fourth-order valence-electron chi connectivity index (χ4n) is 2.24. The van der Waals surface area contributed by atoms with E-state index in [0.29, 0.717) is 18.4 Å². The highest BCUT2D eigenvalue weighted by Gasteiger charge is 2.17. The van der Waals surface area contributed by atoms with Gasteiger partial charge in [0.15, 0.2) is 0 Å². The van der Waals surface area contributed by atoms with Crippen molar-refractivity contribution >= 4 is 17.8 Å². The molecule has 3 rings (SSSR count). The summed E-state index contributed by atoms with van der Waals surface area (Å²) >= 11 is 0. The van der Waals surface area contributed by atoms with E-state index in [-0.39, 0.29) is 0 Å². The molecule has 0 radical (unpaired) electrons. The van der Waals surface area contributed by atoms with Gasteiger partial charge in [0.1, 0.15) is 12.0 Å². The lowest BCUT2D eigenvalue weighted by Crippen LogP contribution is -2.22. The lowest BCUT2D eigenvalue weighted by atomic mass is 10.4. The summed E-state index contributed by atoms with van der Waals surface area (Å²) in [7, 11) is 0. The Labute approximate surface area is 123 Å². The first-order chi connectivity index (χ1) is 10.3. The molecule has 1 aliphatic rings. The zero-order valence-corrected chi connectivity index (χ0v) is 12.0. The molecule has 0 amide bonds. The van der Waals surface area contributed by atoms with Crippen LogP contribution in [0.3, 0.4) is 0 Å². The highest BCUT2D eigenvalue weighted by atomic mass is 16.5. The molecule has 0 spiro atoms. The maximum Gasteiger partial charge on any atom is 0.231 e. The summed E-state index contributed by atoms with van der Waals surface area (Å²) < 4.78 is 4.81. The minimum absolute atomic E-state index is 0.519. The van der Waals surface area contributed by atoms with Gasteiger partial charge in [-0.2, -0.15) is 15.0 Å². The molecule has 112 valence electrons. The quantitative estimate of drug-likeness (QED) is 0.826. The molecule has 0 atom stereocenters. The van der Waals surface area contributed by atoms with E-state index in [4.69, 9.17) is 4.52 Å². The molecule has 0 aliphatic carbocycles. The number of hydrogen-bond donors (Lipinski definition) is 2. The summed E-state index contributed by atoms with van der Waals surface area (Å²) in [6.45, 7) is 5.30. The summed E-state index contributed by atoms with van der Waals surface area (Å²) in [6.07, 6.45) is 3.91. The summed E-state index contributed by atoms with van der Waals surface area (Å²) in [5.41, 5.74) is 0.808. The molecule has 2 N–H and O–H groups in total. The third-order valence-electron chi connectivity index (χ3n) is 3.27. The lowest BCUT2D eigenvalue weighted by Gasteiger charge is -2.16. The summed E-state index contributed by atoms with van der Waals surface area (Å²) in [5.74, 6) is 1.86. The van der Waals surface area contributed by atoms with Crippen molar-refractivity contribution in [2.45, 2.75) is 26.3 Å². The first-order valence-corrected chi connectivity index (χ1v) is 7.23. The van der Waals surface area contributed by atoms with Crippen molar-refractivity contribution in [1.82, 2.24) is 20.1 Å². The second-order valence-electron chi connectivity index (χ2n) is 4.85. The monoisotopic (exact) mass is 289 g/mol. The van der Waals surface area contributed by atoms with Crippen molar-refractivity contribution in [3.63, 3.8) is 0 Å². The van der Waals surface area contributed by atoms with E-state index in [9.17, 15) is 0 Å². The molecule has 2 aromatic rings. The zero-order valence-electron chi connectivity index (χ0n) is 12.0. The average molecular weight is 289 g/mol. The minimum atomic E-state index is 0.519. The largest absolute Gasteiger partial charge is 0.364 e. The van der Waals surface area contributed by atoms with Crippen molar-refractivity contribution in [2.24, 2.45) is 0 Å². The summed E-state index contributed by atoms with van der Waals surface area (Å²) in [6, 6.07) is 1.81. The van der Waals surface area contributed by atoms with Crippen LogP contribution in [0, 0.1) is 0 Å². The molecular formula is C13H19N7O. The van der Waals surface area contributed by atoms with E-state index in [1.807, 2.05) is 6.92 Å². The van der Waals surface area contributed by atoms with Crippen LogP contribution in [0.15, 0.2) is 16.9 Å². The minimum Gasteiger partial charge on any atom is -0.364 e. The predicted molar refractivity (Wildman–Crippen MR) is 79.3 cm³/mol. The van der Waals surface area contributed by atoms with Gasteiger partial charge in [0.25, 0.3) is 0 Å². The van der Waals surface area contributed by atoms with Crippen LogP contribution in [-0.4, -0.2) is 39.7 Å². The molecule has 2 aromatic heterocycles. The summed E-state index contributed by atoms with van der Waals surface area (Å²) in [5, 5.41) is 10.2. The highest BCUT2D eigenvalue weighted by molar-refractivity contribution is 5.44. The fraction of sp³-hybridized carbons (Fsp3) is 0.538. The molecular weight excluding hydrogens is 270 g/mol. The summed E-state index contributed by atoms with van der Waals surface area (Å²) in [4.78, 5) is 15.5. The number of nitrogens with zero attached hydrogens (tertiary/aromatic N) is 5. The van der Waals surface area contributed by atoms with Crippen LogP contribution in [0.5, 0.6) is 0 Å². The number of hydrogen-bond acceptors (Lipinski definition) is 8. The van der Waals surface area contributed by atoms with E-state index < -0.39 is 0 Å². The molecule has 0 bridgehead atoms. The van der Waals surface area contributed by atoms with Gasteiger partial charge in [-0.25, -0.2) is 0 Å². The van der Waals surface area contributed by atoms with E-state index in [1.165, 1.54) is 12.8 Å². The molecule has 1 saturated heterocycles. The lowest BCUT2D eigenvalue weighted by molar-refractivity contribution is 0.412. The highest BCUT2D eigenvalue weighted by Crippen LogP contribution is 2.18. The van der Waals surface area contributed by atoms with Crippen molar-refractivity contribution < 1.29 is 4.52 Å². The number of nitrogens with one attached hydrogen (secondary N) is 2. The van der Waals surface area contributed by atoms with Gasteiger partial charge in [0.2, 0.25) is 17.8 Å². The molecule has 21 heavy (non-hydrogen) atoms. The standard InChI is InChI=1S/C13H19N7O/c1-2-14-11-16-12(15-9-10-5-8-21-19-10)18-13(17-11)20-6-3-4-7-20/h5,8H,2-4,6-7,9H2,1H3,(H2,14,15,16,17,18). The molecule has 0 saturated carbocycles. The smallest absolute Gasteiger partial charge is 0.231 e. The zero-order chi connectivity index (χ0) is 14.5. The molecule has 0 unspecified atom stereocenters. The molecule has 1 fully saturated rings. The van der Waals surface area contributed by atoms with Gasteiger partial charge < -0.3 is 20.1 Å². The molecule has 8 nitrogen and oxygen atoms in total. The maximum atomic E-state index is 4.81. The Balaban J connectivity index is 1.77. The third-order valence-corrected chi connectivity index (χ3v) is 3.27. The van der Waals surface area contributed by atoms with E-state index in [1.54, 1.807) is 12.3 Å². The second kappa shape index (κ2) is 6.38. The maximum absolute atomic E-state index is 4.81. The average Bonchev–Trinajstić information content (AvgIpc) is 3.19. The van der Waals surface area contributed by atoms with Crippen molar-refractivity contribution in [1.29, 1.82) is 0 Å². The number of anilines is 3. The van der Waals surface area contributed by atoms with Crippen molar-refractivity contribution in [3.05, 3.63) is 18.0 Å². The van der Waals surface area contributed by atoms with Crippen LogP contribution in [-0.2, 0) is 6.54 Å². The first-order valence-electron chi connectivity index (χ1n) is 7.23. The number of aromatic nitrogens is 4. The van der Waals surface area contributed by atoms with Gasteiger partial charge in [-0.05, 0) is 19.8 Å². The van der Waals surface area contributed by atoms with Crippen LogP contribution in [0.4, 0.5) is 17.8 Å². The van der Waals surface area contributed by atoms with Gasteiger partial charge in [0.05, 0.1) is 6.54 Å². The Morgan fingerprint density at radius 1 is 1.14 bits per heavy atom. The Bertz CT molecular complexity index is 566. The molecule has 0 aromatic carbocycles. The Hall–Kier alpha value is -2.38. The Morgan fingerprint density at radius 3 is 2.57 bits per heavy atom. The van der Waals surface area contributed by atoms with Gasteiger partial charge in [-0.1, -0.05) is 5.16 Å². The fourth-order valence-corrected chi connectivity index (χ4v) is 2.24. The van der Waals surface area contributed by atoms with Crippen LogP contribution >= 0.6 is 0 Å². The topological polar surface area (TPSA) is 92.0 Å². The van der Waals surface area contributed by atoms with Crippen LogP contribution in [0.25, 0.3) is 0 Å². The van der Waals surface area contributed by atoms with E-state index in [0.717, 1.165) is 31.3 Å². The predicted octanol–water partition coefficient (Wildman–Crippen LogP) is 1.50. The second-order valence-corrected chi connectivity index (χ2v) is 4.85. The van der Waals surface area contributed by atoms with E-state index >= 15 is 0 Å².